The number of carbonyl (C=O) groups excluding carboxylic acids is 1. The molecule has 1 aromatic carbocycles. The van der Waals surface area contributed by atoms with Gasteiger partial charge < -0.3 is 4.90 Å². The van der Waals surface area contributed by atoms with Crippen LogP contribution in [-0.4, -0.2) is 49.0 Å². The van der Waals surface area contributed by atoms with Gasteiger partial charge in [-0.05, 0) is 31.3 Å². The van der Waals surface area contributed by atoms with Crippen molar-refractivity contribution in [1.82, 2.24) is 15.3 Å². The van der Waals surface area contributed by atoms with Gasteiger partial charge in [0.05, 0.1) is 0 Å². The number of amides is 1. The van der Waals surface area contributed by atoms with Crippen LogP contribution >= 0.6 is 15.9 Å². The molecule has 1 aromatic rings. The summed E-state index contributed by atoms with van der Waals surface area (Å²) in [4.78, 5) is 14.2. The number of halogens is 1. The number of hydrazine groups is 1. The molecule has 0 aromatic heterocycles. The van der Waals surface area contributed by atoms with Gasteiger partial charge in [0.15, 0.2) is 0 Å². The Morgan fingerprint density at radius 3 is 2.35 bits per heavy atom. The minimum absolute atomic E-state index is 0.0398. The van der Waals surface area contributed by atoms with Crippen molar-refractivity contribution in [2.45, 2.75) is 0 Å². The lowest BCUT2D eigenvalue weighted by atomic mass is 10.2. The van der Waals surface area contributed by atoms with Crippen LogP contribution in [0.3, 0.4) is 0 Å². The topological polar surface area (TPSA) is 35.6 Å². The van der Waals surface area contributed by atoms with E-state index in [0.717, 1.165) is 30.7 Å². The van der Waals surface area contributed by atoms with Crippen molar-refractivity contribution in [3.63, 3.8) is 0 Å². The zero-order valence-electron chi connectivity index (χ0n) is 9.82. The van der Waals surface area contributed by atoms with Gasteiger partial charge in [0.2, 0.25) is 0 Å². The van der Waals surface area contributed by atoms with E-state index < -0.39 is 0 Å². The number of hydrogen-bond donors (Lipinski definition) is 1. The average molecular weight is 298 g/mol. The minimum Gasteiger partial charge on any atom is -0.304 e. The predicted octanol–water partition coefficient (Wildman–Crippen LogP) is 1.34. The summed E-state index contributed by atoms with van der Waals surface area (Å²) in [5.41, 5.74) is 3.61. The first-order chi connectivity index (χ1) is 8.15. The molecule has 2 rings (SSSR count). The fourth-order valence-electron chi connectivity index (χ4n) is 1.73. The van der Waals surface area contributed by atoms with Gasteiger partial charge in [0.25, 0.3) is 5.91 Å². The molecule has 0 spiro atoms. The standard InChI is InChI=1S/C12H16BrN3O/c1-15-6-8-16(9-7-15)14-12(17)10-2-4-11(13)5-3-10/h2-5H,6-9H2,1H3,(H,14,17). The van der Waals surface area contributed by atoms with Crippen molar-refractivity contribution in [2.24, 2.45) is 0 Å². The van der Waals surface area contributed by atoms with Crippen LogP contribution in [0.25, 0.3) is 0 Å². The van der Waals surface area contributed by atoms with E-state index in [0.29, 0.717) is 5.56 Å². The van der Waals surface area contributed by atoms with E-state index in [2.05, 4.69) is 33.3 Å². The number of piperazine rings is 1. The predicted molar refractivity (Wildman–Crippen MR) is 70.7 cm³/mol. The molecule has 0 aliphatic carbocycles. The average Bonchev–Trinajstić information content (AvgIpc) is 2.33. The van der Waals surface area contributed by atoms with Gasteiger partial charge in [-0.2, -0.15) is 0 Å². The molecule has 1 heterocycles. The second-order valence-corrected chi connectivity index (χ2v) is 5.15. The van der Waals surface area contributed by atoms with Crippen LogP contribution < -0.4 is 5.43 Å². The summed E-state index contributed by atoms with van der Waals surface area (Å²) in [7, 11) is 2.09. The third-order valence-electron chi connectivity index (χ3n) is 2.87. The molecular formula is C12H16BrN3O. The van der Waals surface area contributed by atoms with Gasteiger partial charge in [-0.3, -0.25) is 10.2 Å². The maximum atomic E-state index is 11.9. The largest absolute Gasteiger partial charge is 0.304 e. The first-order valence-electron chi connectivity index (χ1n) is 5.65. The fourth-order valence-corrected chi connectivity index (χ4v) is 1.99. The Bertz CT molecular complexity index is 385. The van der Waals surface area contributed by atoms with E-state index in [1.165, 1.54) is 0 Å². The molecule has 1 aliphatic rings. The van der Waals surface area contributed by atoms with Crippen LogP contribution in [-0.2, 0) is 0 Å². The number of nitrogens with zero attached hydrogens (tertiary/aromatic N) is 2. The molecule has 1 N–H and O–H groups in total. The molecule has 1 fully saturated rings. The number of nitrogens with one attached hydrogen (secondary N) is 1. The highest BCUT2D eigenvalue weighted by Gasteiger charge is 2.16. The quantitative estimate of drug-likeness (QED) is 0.895. The zero-order chi connectivity index (χ0) is 12.3. The summed E-state index contributed by atoms with van der Waals surface area (Å²) in [5.74, 6) is -0.0398. The smallest absolute Gasteiger partial charge is 0.265 e. The second-order valence-electron chi connectivity index (χ2n) is 4.24. The Morgan fingerprint density at radius 1 is 1.18 bits per heavy atom. The summed E-state index contributed by atoms with van der Waals surface area (Å²) in [5, 5.41) is 1.98. The van der Waals surface area contributed by atoms with Crippen LogP contribution in [0.1, 0.15) is 10.4 Å². The normalized spacial score (nSPS) is 18.0. The lowest BCUT2D eigenvalue weighted by Gasteiger charge is -2.32. The number of carbonyl (C=O) groups is 1. The van der Waals surface area contributed by atoms with Gasteiger partial charge in [0.1, 0.15) is 0 Å². The number of likely N-dealkylation sites (N-methyl/N-ethyl adjacent to an activating group) is 1. The molecule has 0 saturated carbocycles. The minimum atomic E-state index is -0.0398. The highest BCUT2D eigenvalue weighted by atomic mass is 79.9. The van der Waals surface area contributed by atoms with Crippen molar-refractivity contribution in [1.29, 1.82) is 0 Å². The first-order valence-corrected chi connectivity index (χ1v) is 6.44. The lowest BCUT2D eigenvalue weighted by molar-refractivity contribution is 0.0662. The van der Waals surface area contributed by atoms with Gasteiger partial charge >= 0.3 is 0 Å². The highest BCUT2D eigenvalue weighted by Crippen LogP contribution is 2.10. The van der Waals surface area contributed by atoms with Crippen molar-refractivity contribution < 1.29 is 4.79 Å². The summed E-state index contributed by atoms with van der Waals surface area (Å²) < 4.78 is 0.980. The summed E-state index contributed by atoms with van der Waals surface area (Å²) in [6.45, 7) is 3.72. The lowest BCUT2D eigenvalue weighted by Crippen LogP contribution is -2.52. The van der Waals surface area contributed by atoms with Crippen LogP contribution in [0, 0.1) is 0 Å². The Hall–Kier alpha value is -0.910. The Balaban J connectivity index is 1.91. The van der Waals surface area contributed by atoms with E-state index in [4.69, 9.17) is 0 Å². The van der Waals surface area contributed by atoms with E-state index in [9.17, 15) is 4.79 Å². The van der Waals surface area contributed by atoms with Crippen molar-refractivity contribution in [2.75, 3.05) is 33.2 Å². The Morgan fingerprint density at radius 2 is 1.76 bits per heavy atom. The first kappa shape index (κ1) is 12.5. The maximum Gasteiger partial charge on any atom is 0.265 e. The van der Waals surface area contributed by atoms with E-state index in [-0.39, 0.29) is 5.91 Å². The van der Waals surface area contributed by atoms with Gasteiger partial charge in [-0.1, -0.05) is 15.9 Å². The molecule has 0 bridgehead atoms. The highest BCUT2D eigenvalue weighted by molar-refractivity contribution is 9.10. The molecular weight excluding hydrogens is 282 g/mol. The van der Waals surface area contributed by atoms with E-state index in [1.54, 1.807) is 0 Å². The van der Waals surface area contributed by atoms with Crippen molar-refractivity contribution in [3.05, 3.63) is 34.3 Å². The monoisotopic (exact) mass is 297 g/mol. The van der Waals surface area contributed by atoms with E-state index >= 15 is 0 Å². The second kappa shape index (κ2) is 5.62. The zero-order valence-corrected chi connectivity index (χ0v) is 11.4. The third-order valence-corrected chi connectivity index (χ3v) is 3.40. The SMILES string of the molecule is CN1CCN(NC(=O)c2ccc(Br)cc2)CC1. The molecule has 1 aliphatic heterocycles. The molecule has 1 saturated heterocycles. The summed E-state index contributed by atoms with van der Waals surface area (Å²) in [6.07, 6.45) is 0. The fraction of sp³-hybridized carbons (Fsp3) is 0.417. The van der Waals surface area contributed by atoms with Gasteiger partial charge in [-0.25, -0.2) is 5.01 Å². The summed E-state index contributed by atoms with van der Waals surface area (Å²) >= 11 is 3.35. The molecule has 0 radical (unpaired) electrons. The Kier molecular flexibility index (Phi) is 4.15. The third kappa shape index (κ3) is 3.52. The molecule has 0 unspecified atom stereocenters. The number of rotatable bonds is 2. The van der Waals surface area contributed by atoms with Gasteiger partial charge in [0, 0.05) is 36.2 Å². The van der Waals surface area contributed by atoms with Crippen LogP contribution in [0.5, 0.6) is 0 Å². The van der Waals surface area contributed by atoms with Crippen molar-refractivity contribution >= 4 is 21.8 Å². The number of hydrogen-bond acceptors (Lipinski definition) is 3. The van der Waals surface area contributed by atoms with Crippen LogP contribution in [0.2, 0.25) is 0 Å². The maximum absolute atomic E-state index is 11.9. The molecule has 1 amide bonds. The van der Waals surface area contributed by atoms with Crippen LogP contribution in [0.4, 0.5) is 0 Å². The summed E-state index contributed by atoms with van der Waals surface area (Å²) in [6, 6.07) is 7.38. The molecule has 5 heteroatoms. The molecule has 0 atom stereocenters. The van der Waals surface area contributed by atoms with E-state index in [1.807, 2.05) is 29.3 Å². The van der Waals surface area contributed by atoms with Crippen molar-refractivity contribution in [3.8, 4) is 0 Å². The number of benzene rings is 1. The molecule has 17 heavy (non-hydrogen) atoms. The molecule has 4 nitrogen and oxygen atoms in total. The van der Waals surface area contributed by atoms with Gasteiger partial charge in [-0.15, -0.1) is 0 Å². The Labute approximate surface area is 110 Å². The molecule has 92 valence electrons. The van der Waals surface area contributed by atoms with Crippen LogP contribution in [0.15, 0.2) is 28.7 Å².